The van der Waals surface area contributed by atoms with Gasteiger partial charge in [0.05, 0.1) is 23.4 Å². The van der Waals surface area contributed by atoms with E-state index in [-0.39, 0.29) is 23.8 Å². The Labute approximate surface area is 155 Å². The number of esters is 1. The van der Waals surface area contributed by atoms with Crippen molar-refractivity contribution in [3.05, 3.63) is 64.9 Å². The van der Waals surface area contributed by atoms with E-state index < -0.39 is 41.3 Å². The summed E-state index contributed by atoms with van der Waals surface area (Å²) in [6.45, 7) is 3.65. The highest BCUT2D eigenvalue weighted by atomic mass is 32.2. The minimum Gasteiger partial charge on any atom is -0.462 e. The predicted molar refractivity (Wildman–Crippen MR) is 96.2 cm³/mol. The van der Waals surface area contributed by atoms with E-state index in [9.17, 15) is 14.0 Å². The molecule has 0 saturated carbocycles. The maximum Gasteiger partial charge on any atom is 0.338 e. The number of anilines is 1. The van der Waals surface area contributed by atoms with E-state index in [1.165, 1.54) is 11.0 Å². The summed E-state index contributed by atoms with van der Waals surface area (Å²) in [4.78, 5) is 25.9. The topological polar surface area (TPSA) is 46.6 Å². The Bertz CT molecular complexity index is 988. The monoisotopic (exact) mass is 363 g/mol. The molecule has 1 aliphatic rings. The van der Waals surface area contributed by atoms with Crippen LogP contribution in [0.25, 0.3) is 0 Å². The zero-order valence-electron chi connectivity index (χ0n) is 17.7. The Balaban J connectivity index is 2.09. The molecule has 0 radical (unpaired) electrons. The Morgan fingerprint density at radius 1 is 1.40 bits per heavy atom. The molecule has 1 atom stereocenters. The maximum atomic E-state index is 13.9. The predicted octanol–water partition coefficient (Wildman–Crippen LogP) is 4.09. The second-order valence-corrected chi connectivity index (χ2v) is 6.45. The molecular formula is C19H18FNO3S. The third kappa shape index (κ3) is 3.54. The lowest BCUT2D eigenvalue weighted by Gasteiger charge is -2.26. The van der Waals surface area contributed by atoms with Crippen LogP contribution in [0.2, 0.25) is 0 Å². The van der Waals surface area contributed by atoms with E-state index in [0.29, 0.717) is 16.8 Å². The molecule has 0 N–H and O–H groups in total. The van der Waals surface area contributed by atoms with Gasteiger partial charge in [-0.15, -0.1) is 11.8 Å². The number of carbonyl (C=O) groups is 2. The number of nitrogens with zero attached hydrogens (tertiary/aromatic N) is 1. The summed E-state index contributed by atoms with van der Waals surface area (Å²) in [5, 5.41) is -0.844. The fourth-order valence-electron chi connectivity index (χ4n) is 2.60. The molecule has 2 aromatic rings. The molecule has 130 valence electrons. The van der Waals surface area contributed by atoms with Crippen molar-refractivity contribution in [2.75, 3.05) is 17.3 Å². The normalized spacial score (nSPS) is 19.2. The summed E-state index contributed by atoms with van der Waals surface area (Å²) >= 11 is 1.14. The molecule has 1 unspecified atom stereocenters. The first-order valence-corrected chi connectivity index (χ1v) is 8.71. The first-order valence-electron chi connectivity index (χ1n) is 9.66. The van der Waals surface area contributed by atoms with Gasteiger partial charge in [0.15, 0.2) is 0 Å². The highest BCUT2D eigenvalue weighted by Gasteiger charge is 2.34. The number of thioether (sulfide) groups is 1. The molecule has 1 saturated heterocycles. The highest BCUT2D eigenvalue weighted by Crippen LogP contribution is 2.42. The molecule has 2 aromatic carbocycles. The first-order chi connectivity index (χ1) is 13.7. The van der Waals surface area contributed by atoms with Crippen LogP contribution in [0.15, 0.2) is 42.4 Å². The molecule has 1 fully saturated rings. The molecule has 3 rings (SSSR count). The summed E-state index contributed by atoms with van der Waals surface area (Å²) < 4.78 is 50.6. The Kier molecular flexibility index (Phi) is 3.76. The van der Waals surface area contributed by atoms with Gasteiger partial charge in [0.1, 0.15) is 11.2 Å². The van der Waals surface area contributed by atoms with Crippen LogP contribution in [0, 0.1) is 12.7 Å². The van der Waals surface area contributed by atoms with Gasteiger partial charge in [-0.3, -0.25) is 9.69 Å². The van der Waals surface area contributed by atoms with Crippen molar-refractivity contribution in [3.63, 3.8) is 0 Å². The number of hydrogen-bond acceptors (Lipinski definition) is 4. The van der Waals surface area contributed by atoms with Gasteiger partial charge in [-0.05, 0) is 55.3 Å². The van der Waals surface area contributed by atoms with Gasteiger partial charge in [0.25, 0.3) is 0 Å². The van der Waals surface area contributed by atoms with Gasteiger partial charge in [-0.25, -0.2) is 9.18 Å². The second-order valence-electron chi connectivity index (χ2n) is 5.38. The molecule has 25 heavy (non-hydrogen) atoms. The zero-order valence-corrected chi connectivity index (χ0v) is 14.5. The van der Waals surface area contributed by atoms with Crippen LogP contribution < -0.4 is 4.90 Å². The lowest BCUT2D eigenvalue weighted by molar-refractivity contribution is -0.115. The molecular weight excluding hydrogens is 341 g/mol. The van der Waals surface area contributed by atoms with Crippen LogP contribution in [0.4, 0.5) is 10.1 Å². The number of hydrogen-bond donors (Lipinski definition) is 0. The minimum atomic E-state index is -1.22. The summed E-state index contributed by atoms with van der Waals surface area (Å²) in [6.07, 6.45) is 0. The van der Waals surface area contributed by atoms with Crippen molar-refractivity contribution in [3.8, 4) is 0 Å². The van der Waals surface area contributed by atoms with E-state index in [2.05, 4.69) is 0 Å². The largest absolute Gasteiger partial charge is 0.462 e. The lowest BCUT2D eigenvalue weighted by Crippen LogP contribution is -2.28. The number of carbonyl (C=O) groups excluding carboxylic acids is 2. The molecule has 1 amide bonds. The van der Waals surface area contributed by atoms with Crippen LogP contribution in [-0.2, 0) is 9.53 Å². The molecule has 0 aliphatic carbocycles. The van der Waals surface area contributed by atoms with Crippen LogP contribution in [0.5, 0.6) is 0 Å². The molecule has 0 bridgehead atoms. The third-order valence-electron chi connectivity index (χ3n) is 3.70. The fraction of sp³-hybridized carbons (Fsp3) is 0.263. The number of benzene rings is 2. The van der Waals surface area contributed by atoms with Crippen molar-refractivity contribution in [1.29, 1.82) is 0 Å². The minimum absolute atomic E-state index is 0.0499. The van der Waals surface area contributed by atoms with Gasteiger partial charge in [0.2, 0.25) is 5.91 Å². The average molecular weight is 363 g/mol. The quantitative estimate of drug-likeness (QED) is 0.768. The van der Waals surface area contributed by atoms with E-state index >= 15 is 0 Å². The summed E-state index contributed by atoms with van der Waals surface area (Å²) in [7, 11) is 0. The third-order valence-corrected chi connectivity index (χ3v) is 4.87. The number of halogens is 1. The number of rotatable bonds is 4. The molecule has 6 heteroatoms. The number of amides is 1. The number of ether oxygens (including phenoxy) is 1. The van der Waals surface area contributed by atoms with Crippen LogP contribution in [0.1, 0.15) is 39.3 Å². The zero-order chi connectivity index (χ0) is 21.5. The maximum absolute atomic E-state index is 13.9. The SMILES string of the molecule is [2H]c1c([2H])c(C2SCC(=O)N2c2ccc(C(=O)OCC)cc2C)c([2H])c([2H])c1F. The Morgan fingerprint density at radius 2 is 2.12 bits per heavy atom. The van der Waals surface area contributed by atoms with Crippen LogP contribution in [0.3, 0.4) is 0 Å². The molecule has 0 spiro atoms. The van der Waals surface area contributed by atoms with Gasteiger partial charge in [0, 0.05) is 5.69 Å². The van der Waals surface area contributed by atoms with Crippen LogP contribution >= 0.6 is 11.8 Å². The Hall–Kier alpha value is -2.34. The second kappa shape index (κ2) is 7.27. The van der Waals surface area contributed by atoms with E-state index in [1.54, 1.807) is 26.0 Å². The average Bonchev–Trinajstić information content (AvgIpc) is 3.06. The highest BCUT2D eigenvalue weighted by molar-refractivity contribution is 8.00. The van der Waals surface area contributed by atoms with Gasteiger partial charge in [-0.1, -0.05) is 12.1 Å². The number of aryl methyl sites for hydroxylation is 1. The standard InChI is InChI=1S/C19H18FNO3S/c1-3-24-19(23)14-6-9-16(12(2)10-14)21-17(22)11-25-18(21)13-4-7-15(20)8-5-13/h4-10,18H,3,11H2,1-2H3/i4D,5D,7D,8D. The fourth-order valence-corrected chi connectivity index (χ4v) is 3.70. The van der Waals surface area contributed by atoms with Crippen molar-refractivity contribution in [1.82, 2.24) is 0 Å². The van der Waals surface area contributed by atoms with E-state index in [1.807, 2.05) is 0 Å². The molecule has 0 aromatic heterocycles. The van der Waals surface area contributed by atoms with Crippen molar-refractivity contribution in [2.24, 2.45) is 0 Å². The van der Waals surface area contributed by atoms with Gasteiger partial charge < -0.3 is 4.74 Å². The van der Waals surface area contributed by atoms with Crippen LogP contribution in [-0.4, -0.2) is 24.2 Å². The van der Waals surface area contributed by atoms with E-state index in [4.69, 9.17) is 10.2 Å². The first kappa shape index (κ1) is 12.9. The smallest absolute Gasteiger partial charge is 0.338 e. The molecule has 1 heterocycles. The van der Waals surface area contributed by atoms with E-state index in [0.717, 1.165) is 11.8 Å². The molecule has 1 aliphatic heterocycles. The van der Waals surface area contributed by atoms with Crippen molar-refractivity contribution >= 4 is 29.3 Å². The van der Waals surface area contributed by atoms with Gasteiger partial charge >= 0.3 is 5.97 Å². The lowest BCUT2D eigenvalue weighted by atomic mass is 10.1. The Morgan fingerprint density at radius 3 is 2.76 bits per heavy atom. The van der Waals surface area contributed by atoms with Crippen molar-refractivity contribution < 1.29 is 24.2 Å². The van der Waals surface area contributed by atoms with Crippen molar-refractivity contribution in [2.45, 2.75) is 19.2 Å². The molecule has 4 nitrogen and oxygen atoms in total. The summed E-state index contributed by atoms with van der Waals surface area (Å²) in [5.41, 5.74) is 1.36. The summed E-state index contributed by atoms with van der Waals surface area (Å²) in [6, 6.07) is 2.13. The van der Waals surface area contributed by atoms with Gasteiger partial charge in [-0.2, -0.15) is 0 Å². The summed E-state index contributed by atoms with van der Waals surface area (Å²) in [5.74, 6) is -1.92.